The van der Waals surface area contributed by atoms with E-state index in [-0.39, 0.29) is 11.8 Å². The molecule has 0 aliphatic carbocycles. The number of rotatable bonds is 4. The van der Waals surface area contributed by atoms with Crippen LogP contribution in [0.2, 0.25) is 0 Å². The maximum atomic E-state index is 14.0. The van der Waals surface area contributed by atoms with Gasteiger partial charge in [-0.25, -0.2) is 4.39 Å². The van der Waals surface area contributed by atoms with E-state index in [4.69, 9.17) is 15.2 Å². The fourth-order valence-corrected chi connectivity index (χ4v) is 2.63. The predicted molar refractivity (Wildman–Crippen MR) is 87.5 cm³/mol. The second-order valence-electron chi connectivity index (χ2n) is 4.50. The summed E-state index contributed by atoms with van der Waals surface area (Å²) < 4.78 is 26.2. The molecule has 6 heteroatoms. The van der Waals surface area contributed by atoms with Crippen LogP contribution in [0.5, 0.6) is 17.2 Å². The molecule has 2 aromatic carbocycles. The first kappa shape index (κ1) is 16.3. The predicted octanol–water partition coefficient (Wildman–Crippen LogP) is 5.17. The molecular formula is C15H14Br2FNO2. The van der Waals surface area contributed by atoms with E-state index in [1.807, 2.05) is 0 Å². The Morgan fingerprint density at radius 2 is 1.67 bits per heavy atom. The molecule has 0 spiro atoms. The van der Waals surface area contributed by atoms with Gasteiger partial charge in [0, 0.05) is 6.04 Å². The Morgan fingerprint density at radius 3 is 2.24 bits per heavy atom. The van der Waals surface area contributed by atoms with Crippen molar-refractivity contribution in [2.24, 2.45) is 5.73 Å². The van der Waals surface area contributed by atoms with E-state index in [0.29, 0.717) is 16.0 Å². The first-order chi connectivity index (χ1) is 9.92. The van der Waals surface area contributed by atoms with Crippen molar-refractivity contribution in [3.63, 3.8) is 0 Å². The summed E-state index contributed by atoms with van der Waals surface area (Å²) in [6.45, 7) is 1.80. The smallest absolute Gasteiger partial charge is 0.166 e. The molecule has 3 nitrogen and oxygen atoms in total. The van der Waals surface area contributed by atoms with E-state index in [1.165, 1.54) is 6.07 Å². The van der Waals surface area contributed by atoms with Crippen molar-refractivity contribution in [2.75, 3.05) is 7.11 Å². The molecule has 1 atom stereocenters. The lowest BCUT2D eigenvalue weighted by Gasteiger charge is -2.13. The second kappa shape index (κ2) is 6.77. The lowest BCUT2D eigenvalue weighted by atomic mass is 10.1. The molecule has 0 radical (unpaired) electrons. The van der Waals surface area contributed by atoms with E-state index in [0.717, 1.165) is 10.0 Å². The Balaban J connectivity index is 2.32. The number of methoxy groups -OCH3 is 1. The van der Waals surface area contributed by atoms with Crippen LogP contribution in [0, 0.1) is 5.82 Å². The first-order valence-electron chi connectivity index (χ1n) is 6.18. The Morgan fingerprint density at radius 1 is 1.05 bits per heavy atom. The number of benzene rings is 2. The van der Waals surface area contributed by atoms with Gasteiger partial charge in [0.1, 0.15) is 11.5 Å². The Labute approximate surface area is 139 Å². The largest absolute Gasteiger partial charge is 0.496 e. The standard InChI is InChI=1S/C15H14Br2FNO2/c1-8(19)9-3-4-13(12(18)5-9)21-15-7-10(16)14(20-2)6-11(15)17/h3-8H,19H2,1-2H3. The zero-order valence-corrected chi connectivity index (χ0v) is 14.7. The number of hydrogen-bond acceptors (Lipinski definition) is 3. The molecule has 0 bridgehead atoms. The third kappa shape index (κ3) is 3.75. The molecule has 0 saturated heterocycles. The van der Waals surface area contributed by atoms with Crippen LogP contribution in [0.3, 0.4) is 0 Å². The van der Waals surface area contributed by atoms with E-state index >= 15 is 0 Å². The topological polar surface area (TPSA) is 44.5 Å². The third-order valence-electron chi connectivity index (χ3n) is 2.91. The second-order valence-corrected chi connectivity index (χ2v) is 6.21. The monoisotopic (exact) mass is 417 g/mol. The van der Waals surface area contributed by atoms with Crippen LogP contribution in [0.15, 0.2) is 39.3 Å². The summed E-state index contributed by atoms with van der Waals surface area (Å²) in [5.74, 6) is 0.818. The van der Waals surface area contributed by atoms with Crippen LogP contribution in [0.4, 0.5) is 4.39 Å². The molecule has 0 aromatic heterocycles. The molecule has 2 rings (SSSR count). The molecule has 21 heavy (non-hydrogen) atoms. The van der Waals surface area contributed by atoms with Gasteiger partial charge in [-0.3, -0.25) is 0 Å². The maximum Gasteiger partial charge on any atom is 0.166 e. The molecule has 0 aliphatic heterocycles. The Hall–Kier alpha value is -1.11. The highest BCUT2D eigenvalue weighted by Crippen LogP contribution is 2.38. The lowest BCUT2D eigenvalue weighted by molar-refractivity contribution is 0.407. The van der Waals surface area contributed by atoms with Gasteiger partial charge < -0.3 is 15.2 Å². The van der Waals surface area contributed by atoms with Crippen molar-refractivity contribution in [3.05, 3.63) is 50.7 Å². The van der Waals surface area contributed by atoms with Crippen molar-refractivity contribution in [1.82, 2.24) is 0 Å². The van der Waals surface area contributed by atoms with Crippen molar-refractivity contribution >= 4 is 31.9 Å². The number of ether oxygens (including phenoxy) is 2. The van der Waals surface area contributed by atoms with Crippen molar-refractivity contribution in [1.29, 1.82) is 0 Å². The lowest BCUT2D eigenvalue weighted by Crippen LogP contribution is -2.05. The van der Waals surface area contributed by atoms with Crippen molar-refractivity contribution in [3.8, 4) is 17.2 Å². The van der Waals surface area contributed by atoms with Crippen LogP contribution < -0.4 is 15.2 Å². The van der Waals surface area contributed by atoms with E-state index in [1.54, 1.807) is 38.3 Å². The van der Waals surface area contributed by atoms with Crippen LogP contribution in [0.25, 0.3) is 0 Å². The molecule has 0 fully saturated rings. The van der Waals surface area contributed by atoms with E-state index in [2.05, 4.69) is 31.9 Å². The summed E-state index contributed by atoms with van der Waals surface area (Å²) in [7, 11) is 1.57. The first-order valence-corrected chi connectivity index (χ1v) is 7.77. The van der Waals surface area contributed by atoms with Crippen LogP contribution in [0.1, 0.15) is 18.5 Å². The van der Waals surface area contributed by atoms with Gasteiger partial charge in [-0.2, -0.15) is 0 Å². The molecule has 0 saturated carbocycles. The van der Waals surface area contributed by atoms with Gasteiger partial charge in [-0.15, -0.1) is 0 Å². The van der Waals surface area contributed by atoms with Crippen LogP contribution in [-0.4, -0.2) is 7.11 Å². The molecular weight excluding hydrogens is 405 g/mol. The fraction of sp³-hybridized carbons (Fsp3) is 0.200. The van der Waals surface area contributed by atoms with Crippen molar-refractivity contribution in [2.45, 2.75) is 13.0 Å². The SMILES string of the molecule is COc1cc(Br)c(Oc2ccc(C(C)N)cc2F)cc1Br. The van der Waals surface area contributed by atoms with Gasteiger partial charge in [0.05, 0.1) is 16.1 Å². The minimum atomic E-state index is -0.455. The Kier molecular flexibility index (Phi) is 5.24. The van der Waals surface area contributed by atoms with Crippen LogP contribution >= 0.6 is 31.9 Å². The van der Waals surface area contributed by atoms with Gasteiger partial charge in [-0.05, 0) is 68.6 Å². The number of halogens is 3. The summed E-state index contributed by atoms with van der Waals surface area (Å²) in [4.78, 5) is 0. The molecule has 1 unspecified atom stereocenters. The molecule has 2 N–H and O–H groups in total. The van der Waals surface area contributed by atoms with E-state index in [9.17, 15) is 4.39 Å². The summed E-state index contributed by atoms with van der Waals surface area (Å²) >= 11 is 6.74. The van der Waals surface area contributed by atoms with E-state index < -0.39 is 5.82 Å². The van der Waals surface area contributed by atoms with Gasteiger partial charge in [0.15, 0.2) is 11.6 Å². The molecule has 0 aliphatic rings. The van der Waals surface area contributed by atoms with Gasteiger partial charge in [0.25, 0.3) is 0 Å². The normalized spacial score (nSPS) is 12.1. The third-order valence-corrected chi connectivity index (χ3v) is 4.15. The van der Waals surface area contributed by atoms with Gasteiger partial charge in [0.2, 0.25) is 0 Å². The van der Waals surface area contributed by atoms with Crippen LogP contribution in [-0.2, 0) is 0 Å². The Bertz CT molecular complexity index is 662. The van der Waals surface area contributed by atoms with Crippen molar-refractivity contribution < 1.29 is 13.9 Å². The highest BCUT2D eigenvalue weighted by Gasteiger charge is 2.12. The number of nitrogens with two attached hydrogens (primary N) is 1. The summed E-state index contributed by atoms with van der Waals surface area (Å²) in [6, 6.07) is 7.92. The average molecular weight is 419 g/mol. The zero-order valence-electron chi connectivity index (χ0n) is 11.5. The quantitative estimate of drug-likeness (QED) is 0.744. The average Bonchev–Trinajstić information content (AvgIpc) is 2.44. The molecule has 0 amide bonds. The summed E-state index contributed by atoms with van der Waals surface area (Å²) in [5, 5.41) is 0. The van der Waals surface area contributed by atoms with Gasteiger partial charge >= 0.3 is 0 Å². The minimum absolute atomic E-state index is 0.136. The molecule has 0 heterocycles. The molecule has 2 aromatic rings. The number of hydrogen-bond donors (Lipinski definition) is 1. The van der Waals surface area contributed by atoms with Gasteiger partial charge in [-0.1, -0.05) is 6.07 Å². The highest BCUT2D eigenvalue weighted by atomic mass is 79.9. The minimum Gasteiger partial charge on any atom is -0.496 e. The fourth-order valence-electron chi connectivity index (χ4n) is 1.75. The zero-order chi connectivity index (χ0) is 15.6. The summed E-state index contributed by atoms with van der Waals surface area (Å²) in [5.41, 5.74) is 6.44. The molecule has 112 valence electrons. The maximum absolute atomic E-state index is 14.0. The highest BCUT2D eigenvalue weighted by molar-refractivity contribution is 9.11. The summed E-state index contributed by atoms with van der Waals surface area (Å²) in [6.07, 6.45) is 0.